The summed E-state index contributed by atoms with van der Waals surface area (Å²) in [6, 6.07) is 9.61. The molecule has 0 fully saturated rings. The molecule has 124 valence electrons. The van der Waals surface area contributed by atoms with Crippen LogP contribution in [0, 0.1) is 18.3 Å². The van der Waals surface area contributed by atoms with Crippen LogP contribution in [0.3, 0.4) is 0 Å². The molecule has 0 amide bonds. The number of esters is 1. The lowest BCUT2D eigenvalue weighted by molar-refractivity contribution is -0.137. The van der Waals surface area contributed by atoms with Gasteiger partial charge in [0.15, 0.2) is 0 Å². The van der Waals surface area contributed by atoms with Gasteiger partial charge in [0.2, 0.25) is 0 Å². The van der Waals surface area contributed by atoms with Crippen molar-refractivity contribution < 1.29 is 22.7 Å². The van der Waals surface area contributed by atoms with Gasteiger partial charge >= 0.3 is 12.1 Å². The summed E-state index contributed by atoms with van der Waals surface area (Å²) in [5.74, 6) is -0.891. The third-order valence-corrected chi connectivity index (χ3v) is 3.39. The summed E-state index contributed by atoms with van der Waals surface area (Å²) in [4.78, 5) is 11.8. The fourth-order valence-electron chi connectivity index (χ4n) is 2.08. The lowest BCUT2D eigenvalue weighted by atomic mass is 10.1. The van der Waals surface area contributed by atoms with Crippen LogP contribution in [0.5, 0.6) is 0 Å². The smallest absolute Gasteiger partial charge is 0.416 e. The number of methoxy groups -OCH3 is 1. The monoisotopic (exact) mass is 334 g/mol. The summed E-state index contributed by atoms with van der Waals surface area (Å²) in [5.41, 5.74) is 0.636. The van der Waals surface area contributed by atoms with Gasteiger partial charge in [-0.3, -0.25) is 0 Å². The van der Waals surface area contributed by atoms with Crippen molar-refractivity contribution in [3.8, 4) is 6.07 Å². The Morgan fingerprint density at radius 2 is 1.88 bits per heavy atom. The topological polar surface area (TPSA) is 62.1 Å². The predicted molar refractivity (Wildman–Crippen MR) is 82.0 cm³/mol. The van der Waals surface area contributed by atoms with Crippen LogP contribution in [0.2, 0.25) is 0 Å². The van der Waals surface area contributed by atoms with Crippen molar-refractivity contribution in [1.82, 2.24) is 0 Å². The average molecular weight is 334 g/mol. The van der Waals surface area contributed by atoms with Gasteiger partial charge in [-0.1, -0.05) is 6.07 Å². The number of carbonyl (C=O) groups excluding carboxylic acids is 1. The molecule has 0 aliphatic carbocycles. The predicted octanol–water partition coefficient (Wildman–Crippen LogP) is 4.42. The summed E-state index contributed by atoms with van der Waals surface area (Å²) in [7, 11) is 1.09. The van der Waals surface area contributed by atoms with Crippen molar-refractivity contribution in [2.24, 2.45) is 0 Å². The maximum Gasteiger partial charge on any atom is 0.416 e. The molecule has 0 saturated heterocycles. The molecule has 0 saturated carbocycles. The highest BCUT2D eigenvalue weighted by Gasteiger charge is 2.32. The zero-order valence-electron chi connectivity index (χ0n) is 12.9. The first-order valence-electron chi connectivity index (χ1n) is 6.83. The van der Waals surface area contributed by atoms with Crippen LogP contribution in [-0.2, 0) is 10.9 Å². The van der Waals surface area contributed by atoms with Crippen LogP contribution in [0.25, 0.3) is 0 Å². The summed E-state index contributed by atoms with van der Waals surface area (Å²) in [6.07, 6.45) is -4.57. The molecule has 4 nitrogen and oxygen atoms in total. The largest absolute Gasteiger partial charge is 0.465 e. The SMILES string of the molecule is COC(=O)c1cc(C(F)(F)F)ccc1Nc1cc(C#N)ccc1C. The number of anilines is 2. The Hall–Kier alpha value is -3.01. The molecule has 2 aromatic rings. The molecule has 0 unspecified atom stereocenters. The van der Waals surface area contributed by atoms with Gasteiger partial charge in [-0.05, 0) is 42.8 Å². The highest BCUT2D eigenvalue weighted by Crippen LogP contribution is 2.33. The van der Waals surface area contributed by atoms with E-state index in [0.717, 1.165) is 30.9 Å². The Bertz CT molecular complexity index is 824. The molecule has 2 rings (SSSR count). The van der Waals surface area contributed by atoms with E-state index in [1.807, 2.05) is 6.07 Å². The third kappa shape index (κ3) is 3.66. The van der Waals surface area contributed by atoms with Gasteiger partial charge < -0.3 is 10.1 Å². The number of nitrogens with one attached hydrogen (secondary N) is 1. The number of nitrogens with zero attached hydrogens (tertiary/aromatic N) is 1. The molecule has 1 N–H and O–H groups in total. The Morgan fingerprint density at radius 3 is 2.46 bits per heavy atom. The molecule has 0 spiro atoms. The second-order valence-electron chi connectivity index (χ2n) is 5.02. The summed E-state index contributed by atoms with van der Waals surface area (Å²) >= 11 is 0. The van der Waals surface area contributed by atoms with Gasteiger partial charge in [0.05, 0.1) is 35.6 Å². The zero-order valence-corrected chi connectivity index (χ0v) is 12.9. The number of nitriles is 1. The van der Waals surface area contributed by atoms with E-state index >= 15 is 0 Å². The zero-order chi connectivity index (χ0) is 17.9. The van der Waals surface area contributed by atoms with Gasteiger partial charge in [-0.15, -0.1) is 0 Å². The maximum atomic E-state index is 12.8. The molecule has 0 heterocycles. The van der Waals surface area contributed by atoms with Crippen molar-refractivity contribution in [3.05, 3.63) is 58.7 Å². The van der Waals surface area contributed by atoms with E-state index in [4.69, 9.17) is 5.26 Å². The van der Waals surface area contributed by atoms with Crippen molar-refractivity contribution >= 4 is 17.3 Å². The first-order valence-corrected chi connectivity index (χ1v) is 6.83. The van der Waals surface area contributed by atoms with E-state index in [0.29, 0.717) is 11.3 Å². The van der Waals surface area contributed by atoms with Crippen LogP contribution in [0.1, 0.15) is 27.0 Å². The molecule has 7 heteroatoms. The molecule has 0 bridgehead atoms. The number of alkyl halides is 3. The Kier molecular flexibility index (Phi) is 4.79. The van der Waals surface area contributed by atoms with Crippen LogP contribution in [0.4, 0.5) is 24.5 Å². The highest BCUT2D eigenvalue weighted by molar-refractivity contribution is 5.97. The number of carbonyl (C=O) groups is 1. The Morgan fingerprint density at radius 1 is 1.17 bits per heavy atom. The van der Waals surface area contributed by atoms with Gasteiger partial charge in [0.25, 0.3) is 0 Å². The number of hydrogen-bond acceptors (Lipinski definition) is 4. The van der Waals surface area contributed by atoms with E-state index in [9.17, 15) is 18.0 Å². The summed E-state index contributed by atoms with van der Waals surface area (Å²) in [5, 5.41) is 11.8. The minimum atomic E-state index is -4.57. The molecule has 2 aromatic carbocycles. The number of benzene rings is 2. The number of halogens is 3. The van der Waals surface area contributed by atoms with Crippen molar-refractivity contribution in [2.45, 2.75) is 13.1 Å². The van der Waals surface area contributed by atoms with Crippen molar-refractivity contribution in [3.63, 3.8) is 0 Å². The molecular formula is C17H13F3N2O2. The molecule has 0 radical (unpaired) electrons. The normalized spacial score (nSPS) is 10.8. The second-order valence-corrected chi connectivity index (χ2v) is 5.02. The quantitative estimate of drug-likeness (QED) is 0.844. The van der Waals surface area contributed by atoms with Gasteiger partial charge in [0, 0.05) is 5.69 Å². The van der Waals surface area contributed by atoms with E-state index in [1.54, 1.807) is 25.1 Å². The minimum absolute atomic E-state index is 0.160. The minimum Gasteiger partial charge on any atom is -0.465 e. The number of rotatable bonds is 3. The maximum absolute atomic E-state index is 12.8. The lowest BCUT2D eigenvalue weighted by Gasteiger charge is -2.15. The molecule has 0 aliphatic heterocycles. The van der Waals surface area contributed by atoms with Gasteiger partial charge in [-0.2, -0.15) is 18.4 Å². The standard InChI is InChI=1S/C17H13F3N2O2/c1-10-3-4-11(9-21)7-15(10)22-14-6-5-12(17(18,19)20)8-13(14)16(23)24-2/h3-8,22H,1-2H3. The van der Waals surface area contributed by atoms with Gasteiger partial charge in [-0.25, -0.2) is 4.79 Å². The fraction of sp³-hybridized carbons (Fsp3) is 0.176. The van der Waals surface area contributed by atoms with Crippen LogP contribution in [-0.4, -0.2) is 13.1 Å². The molecule has 24 heavy (non-hydrogen) atoms. The van der Waals surface area contributed by atoms with Crippen LogP contribution >= 0.6 is 0 Å². The van der Waals surface area contributed by atoms with E-state index in [1.165, 1.54) is 0 Å². The van der Waals surface area contributed by atoms with Crippen molar-refractivity contribution in [1.29, 1.82) is 5.26 Å². The Balaban J connectivity index is 2.51. The molecule has 0 aliphatic rings. The number of ether oxygens (including phenoxy) is 1. The molecule has 0 atom stereocenters. The Labute approximate surface area is 136 Å². The third-order valence-electron chi connectivity index (χ3n) is 3.39. The average Bonchev–Trinajstić information content (AvgIpc) is 2.55. The van der Waals surface area contributed by atoms with E-state index in [2.05, 4.69) is 10.1 Å². The molecular weight excluding hydrogens is 321 g/mol. The first kappa shape index (κ1) is 17.3. The van der Waals surface area contributed by atoms with E-state index < -0.39 is 17.7 Å². The van der Waals surface area contributed by atoms with E-state index in [-0.39, 0.29) is 11.3 Å². The fourth-order valence-corrected chi connectivity index (χ4v) is 2.08. The number of hydrogen-bond donors (Lipinski definition) is 1. The van der Waals surface area contributed by atoms with Gasteiger partial charge in [0.1, 0.15) is 0 Å². The van der Waals surface area contributed by atoms with Crippen LogP contribution < -0.4 is 5.32 Å². The lowest BCUT2D eigenvalue weighted by Crippen LogP contribution is -2.11. The van der Waals surface area contributed by atoms with Crippen molar-refractivity contribution in [2.75, 3.05) is 12.4 Å². The highest BCUT2D eigenvalue weighted by atomic mass is 19.4. The molecule has 0 aromatic heterocycles. The summed E-state index contributed by atoms with van der Waals surface area (Å²) < 4.78 is 43.1. The first-order chi connectivity index (χ1) is 11.3. The van der Waals surface area contributed by atoms with Crippen LogP contribution in [0.15, 0.2) is 36.4 Å². The number of aryl methyl sites for hydroxylation is 1. The summed E-state index contributed by atoms with van der Waals surface area (Å²) in [6.45, 7) is 1.77. The second kappa shape index (κ2) is 6.62.